The molecule has 0 saturated carbocycles. The number of phosphoric acid groups is 1. The van der Waals surface area contributed by atoms with Crippen LogP contribution in [0.1, 0.15) is 310 Å². The van der Waals surface area contributed by atoms with E-state index in [9.17, 15) is 19.0 Å². The summed E-state index contributed by atoms with van der Waals surface area (Å²) in [7, 11) is 1.17. The third-order valence-electron chi connectivity index (χ3n) is 15.6. The Kier molecular flexibility index (Phi) is 63.6. The molecule has 1 amide bonds. The smallest absolute Gasteiger partial charge is 0.306 e. The van der Waals surface area contributed by atoms with E-state index >= 15 is 0 Å². The lowest BCUT2D eigenvalue weighted by molar-refractivity contribution is -0.870. The minimum Gasteiger partial charge on any atom is -0.756 e. The van der Waals surface area contributed by atoms with Gasteiger partial charge in [-0.15, -0.1) is 0 Å². The molecule has 0 aromatic heterocycles. The molecule has 0 aliphatic heterocycles. The molecule has 0 aliphatic rings. The van der Waals surface area contributed by atoms with E-state index < -0.39 is 26.6 Å². The number of hydrogen-bond acceptors (Lipinski definition) is 7. The van der Waals surface area contributed by atoms with Crippen LogP contribution in [0.5, 0.6) is 0 Å². The number of nitrogens with zero attached hydrogens (tertiary/aromatic N) is 1. The van der Waals surface area contributed by atoms with Crippen molar-refractivity contribution in [3.63, 3.8) is 0 Å². The Balaban J connectivity index is 5.09. The van der Waals surface area contributed by atoms with Crippen molar-refractivity contribution in [2.24, 2.45) is 0 Å². The van der Waals surface area contributed by atoms with Crippen LogP contribution in [-0.4, -0.2) is 69.4 Å². The lowest BCUT2D eigenvalue weighted by Crippen LogP contribution is -2.47. The molecule has 0 spiro atoms. The van der Waals surface area contributed by atoms with Gasteiger partial charge in [0.2, 0.25) is 5.91 Å². The van der Waals surface area contributed by atoms with E-state index in [1.807, 2.05) is 33.3 Å². The highest BCUT2D eigenvalue weighted by atomic mass is 31.2. The summed E-state index contributed by atoms with van der Waals surface area (Å²) in [6, 6.07) is -0.904. The van der Waals surface area contributed by atoms with Crippen molar-refractivity contribution in [2.45, 2.75) is 322 Å². The van der Waals surface area contributed by atoms with Crippen LogP contribution in [0.15, 0.2) is 122 Å². The van der Waals surface area contributed by atoms with Crippen molar-refractivity contribution in [1.82, 2.24) is 5.32 Å². The Morgan fingerprint density at radius 3 is 1.11 bits per heavy atom. The predicted octanol–water partition coefficient (Wildman–Crippen LogP) is 22.8. The number of carbonyl (C=O) groups excluding carboxylic acids is 2. The highest BCUT2D eigenvalue weighted by Crippen LogP contribution is 2.38. The highest BCUT2D eigenvalue weighted by Gasteiger charge is 2.27. The number of quaternary nitrogens is 1. The third-order valence-corrected chi connectivity index (χ3v) is 16.6. The summed E-state index contributed by atoms with van der Waals surface area (Å²) in [5.74, 6) is -0.555. The zero-order valence-corrected chi connectivity index (χ0v) is 58.8. The first-order valence-corrected chi connectivity index (χ1v) is 37.8. The van der Waals surface area contributed by atoms with Crippen LogP contribution in [0.2, 0.25) is 0 Å². The number of esters is 1. The van der Waals surface area contributed by atoms with Crippen molar-refractivity contribution < 1.29 is 37.3 Å². The number of hydrogen-bond donors (Lipinski definition) is 1. The molecular weight excluding hydrogens is 1110 g/mol. The quantitative estimate of drug-likeness (QED) is 0.0212. The van der Waals surface area contributed by atoms with Crippen molar-refractivity contribution >= 4 is 19.7 Å². The maximum absolute atomic E-state index is 13.6. The third kappa shape index (κ3) is 66.8. The van der Waals surface area contributed by atoms with Crippen LogP contribution in [-0.2, 0) is 27.9 Å². The van der Waals surface area contributed by atoms with Gasteiger partial charge in [0.25, 0.3) is 7.82 Å². The van der Waals surface area contributed by atoms with Crippen molar-refractivity contribution in [1.29, 1.82) is 0 Å². The Morgan fingerprint density at radius 1 is 0.409 bits per heavy atom. The van der Waals surface area contributed by atoms with Gasteiger partial charge in [0.05, 0.1) is 33.8 Å². The van der Waals surface area contributed by atoms with E-state index in [1.54, 1.807) is 0 Å². The first kappa shape index (κ1) is 84.4. The topological polar surface area (TPSA) is 114 Å². The average molecular weight is 1250 g/mol. The Bertz CT molecular complexity index is 1920. The van der Waals surface area contributed by atoms with Crippen molar-refractivity contribution in [3.05, 3.63) is 122 Å². The summed E-state index contributed by atoms with van der Waals surface area (Å²) in [6.07, 6.45) is 93.2. The SMILES string of the molecule is CC/C=C\C/C=C\C/C=C\C/C=C\C/C=C\CCCCCCCCCCCC(=O)OC(/C=C/CCCCCCCCCCCC)C(COP(=O)([O-])OCC[N+](C)(C)C)NC(=O)CCCCCCCCCCC/C=C\C/C=C\C/C=C\C/C=C\CCCCC. The summed E-state index contributed by atoms with van der Waals surface area (Å²) in [5.41, 5.74) is 0. The van der Waals surface area contributed by atoms with E-state index in [2.05, 4.69) is 135 Å². The Morgan fingerprint density at radius 2 is 0.727 bits per heavy atom. The number of rotatable bonds is 65. The van der Waals surface area contributed by atoms with Crippen LogP contribution in [0, 0.1) is 0 Å². The number of allylic oxidation sites excluding steroid dienone is 19. The van der Waals surface area contributed by atoms with Gasteiger partial charge in [0.1, 0.15) is 19.3 Å². The number of ether oxygens (including phenoxy) is 1. The molecule has 3 unspecified atom stereocenters. The number of likely N-dealkylation sites (N-methyl/N-ethyl adjacent to an activating group) is 1. The minimum absolute atomic E-state index is 0.0301. The fourth-order valence-electron chi connectivity index (χ4n) is 10.1. The van der Waals surface area contributed by atoms with Gasteiger partial charge in [0.15, 0.2) is 0 Å². The molecule has 0 aromatic carbocycles. The second-order valence-electron chi connectivity index (χ2n) is 25.4. The average Bonchev–Trinajstić information content (AvgIpc) is 3.52. The molecule has 506 valence electrons. The minimum atomic E-state index is -4.72. The largest absolute Gasteiger partial charge is 0.756 e. The van der Waals surface area contributed by atoms with Crippen molar-refractivity contribution in [2.75, 3.05) is 40.9 Å². The molecule has 3 atom stereocenters. The van der Waals surface area contributed by atoms with E-state index in [1.165, 1.54) is 141 Å². The molecule has 0 aliphatic carbocycles. The Labute approximate surface area is 543 Å². The van der Waals surface area contributed by atoms with Gasteiger partial charge in [-0.3, -0.25) is 14.2 Å². The van der Waals surface area contributed by atoms with Gasteiger partial charge in [0, 0.05) is 12.8 Å². The molecule has 1 N–H and O–H groups in total. The van der Waals surface area contributed by atoms with Gasteiger partial charge < -0.3 is 28.5 Å². The number of nitrogens with one attached hydrogen (secondary N) is 1. The highest BCUT2D eigenvalue weighted by molar-refractivity contribution is 7.45. The fraction of sp³-hybridized carbons (Fsp3) is 0.718. The molecule has 0 radical (unpaired) electrons. The normalized spacial score (nSPS) is 14.2. The van der Waals surface area contributed by atoms with Crippen molar-refractivity contribution in [3.8, 4) is 0 Å². The zero-order chi connectivity index (χ0) is 64.2. The van der Waals surface area contributed by atoms with Gasteiger partial charge in [-0.05, 0) is 122 Å². The lowest BCUT2D eigenvalue weighted by Gasteiger charge is -2.30. The number of carbonyl (C=O) groups is 2. The van der Waals surface area contributed by atoms with Crippen LogP contribution in [0.25, 0.3) is 0 Å². The van der Waals surface area contributed by atoms with Crippen LogP contribution in [0.4, 0.5) is 0 Å². The summed E-state index contributed by atoms with van der Waals surface area (Å²) in [6.45, 7) is 6.70. The van der Waals surface area contributed by atoms with Gasteiger partial charge in [-0.1, -0.05) is 297 Å². The second kappa shape index (κ2) is 66.3. The van der Waals surface area contributed by atoms with Crippen LogP contribution < -0.4 is 10.2 Å². The van der Waals surface area contributed by atoms with E-state index in [-0.39, 0.29) is 24.9 Å². The molecule has 88 heavy (non-hydrogen) atoms. The second-order valence-corrected chi connectivity index (χ2v) is 26.8. The fourth-order valence-corrected chi connectivity index (χ4v) is 10.8. The maximum atomic E-state index is 13.6. The number of phosphoric ester groups is 1. The summed E-state index contributed by atoms with van der Waals surface area (Å²) >= 11 is 0. The van der Waals surface area contributed by atoms with Crippen LogP contribution >= 0.6 is 7.82 Å². The molecule has 0 saturated heterocycles. The summed E-state index contributed by atoms with van der Waals surface area (Å²) < 4.78 is 30.5. The van der Waals surface area contributed by atoms with E-state index in [4.69, 9.17) is 13.8 Å². The predicted molar refractivity (Wildman–Crippen MR) is 380 cm³/mol. The molecule has 10 heteroatoms. The molecule has 0 bridgehead atoms. The van der Waals surface area contributed by atoms with Crippen LogP contribution in [0.3, 0.4) is 0 Å². The van der Waals surface area contributed by atoms with E-state index in [0.29, 0.717) is 17.4 Å². The monoisotopic (exact) mass is 1250 g/mol. The Hall–Kier alpha value is -3.59. The molecule has 0 rings (SSSR count). The maximum Gasteiger partial charge on any atom is 0.306 e. The van der Waals surface area contributed by atoms with Gasteiger partial charge >= 0.3 is 5.97 Å². The molecule has 0 aromatic rings. The molecule has 0 heterocycles. The molecule has 0 fully saturated rings. The summed E-state index contributed by atoms with van der Waals surface area (Å²) in [5, 5.41) is 3.04. The zero-order valence-electron chi connectivity index (χ0n) is 57.9. The standard InChI is InChI=1S/C78H137N2O7P/c1-7-10-13-16-19-22-25-28-30-32-34-36-38-40-42-44-46-48-50-52-55-58-61-64-67-70-77(81)79-75(74-86-88(83,84)85-73-72-80(4,5)6)76(69-66-63-60-57-54-27-24-21-18-15-12-9-3)87-78(82)71-68-65-62-59-56-53-51-49-47-45-43-41-39-37-35-33-31-29-26-23-20-17-14-11-8-2/h11,14,19-20,22-23,28-31,34-37,40-43,66,69,75-76H,7-10,12-13,15-18,21,24-27,32-33,38-39,44-65,67-68,70-74H2,1-6H3,(H-,79,81,83,84)/b14-11-,22-19-,23-20-,30-28-,31-29-,36-34-,37-35-,42-40-,43-41-,69-66+. The first-order valence-electron chi connectivity index (χ1n) is 36.3. The van der Waals surface area contributed by atoms with Gasteiger partial charge in [-0.2, -0.15) is 0 Å². The first-order chi connectivity index (χ1) is 42.9. The van der Waals surface area contributed by atoms with Gasteiger partial charge in [-0.25, -0.2) is 0 Å². The summed E-state index contributed by atoms with van der Waals surface area (Å²) in [4.78, 5) is 40.2. The number of unbranched alkanes of at least 4 members (excludes halogenated alkanes) is 31. The number of amides is 1. The lowest BCUT2D eigenvalue weighted by atomic mass is 10.0. The molecular formula is C78H137N2O7P. The molecule has 9 nitrogen and oxygen atoms in total. The van der Waals surface area contributed by atoms with E-state index in [0.717, 1.165) is 135 Å².